The summed E-state index contributed by atoms with van der Waals surface area (Å²) in [4.78, 5) is 23.8. The molecule has 2 aromatic rings. The van der Waals surface area contributed by atoms with Gasteiger partial charge in [0, 0.05) is 25.4 Å². The van der Waals surface area contributed by atoms with Gasteiger partial charge in [0.2, 0.25) is 5.91 Å². The van der Waals surface area contributed by atoms with E-state index in [-0.39, 0.29) is 29.6 Å². The van der Waals surface area contributed by atoms with E-state index in [4.69, 9.17) is 14.2 Å². The Labute approximate surface area is 201 Å². The van der Waals surface area contributed by atoms with Gasteiger partial charge in [0.1, 0.15) is 11.7 Å². The molecule has 7 nitrogen and oxygen atoms in total. The van der Waals surface area contributed by atoms with Crippen LogP contribution in [0.2, 0.25) is 0 Å². The van der Waals surface area contributed by atoms with E-state index in [0.717, 1.165) is 36.1 Å². The molecule has 5 rings (SSSR count). The van der Waals surface area contributed by atoms with Crippen molar-refractivity contribution in [2.75, 3.05) is 17.7 Å². The molecule has 2 amide bonds. The number of methoxy groups -OCH3 is 1. The minimum atomic E-state index is -0.677. The summed E-state index contributed by atoms with van der Waals surface area (Å²) in [7, 11) is 1.68. The van der Waals surface area contributed by atoms with Gasteiger partial charge in [-0.2, -0.15) is 0 Å². The summed E-state index contributed by atoms with van der Waals surface area (Å²) in [6, 6.07) is 15.5. The number of benzene rings is 2. The van der Waals surface area contributed by atoms with E-state index in [0.29, 0.717) is 5.69 Å². The summed E-state index contributed by atoms with van der Waals surface area (Å²) >= 11 is 0. The molecule has 2 heterocycles. The van der Waals surface area contributed by atoms with E-state index in [2.05, 4.69) is 24.5 Å². The minimum absolute atomic E-state index is 0.0886. The summed E-state index contributed by atoms with van der Waals surface area (Å²) in [6.07, 6.45) is 1.44. The molecular weight excluding hydrogens is 432 g/mol. The lowest BCUT2D eigenvalue weighted by atomic mass is 9.65. The Balaban J connectivity index is 1.34. The van der Waals surface area contributed by atoms with E-state index in [1.165, 1.54) is 6.92 Å². The Bertz CT molecular complexity index is 1030. The second-order valence-corrected chi connectivity index (χ2v) is 10.1. The maximum Gasteiger partial charge on any atom is 0.411 e. The minimum Gasteiger partial charge on any atom is -0.443 e. The van der Waals surface area contributed by atoms with Crippen LogP contribution in [0.25, 0.3) is 0 Å². The van der Waals surface area contributed by atoms with Crippen LogP contribution < -0.4 is 10.6 Å². The molecule has 3 fully saturated rings. The van der Waals surface area contributed by atoms with Crippen LogP contribution in [-0.2, 0) is 25.4 Å². The van der Waals surface area contributed by atoms with Crippen LogP contribution >= 0.6 is 0 Å². The van der Waals surface area contributed by atoms with Crippen molar-refractivity contribution in [3.63, 3.8) is 0 Å². The van der Waals surface area contributed by atoms with Crippen molar-refractivity contribution in [2.24, 2.45) is 5.92 Å². The highest BCUT2D eigenvalue weighted by Crippen LogP contribution is 2.51. The van der Waals surface area contributed by atoms with Gasteiger partial charge in [-0.25, -0.2) is 4.79 Å². The lowest BCUT2D eigenvalue weighted by Gasteiger charge is -2.59. The highest BCUT2D eigenvalue weighted by molar-refractivity contribution is 5.88. The van der Waals surface area contributed by atoms with E-state index >= 15 is 0 Å². The van der Waals surface area contributed by atoms with Crippen molar-refractivity contribution in [2.45, 2.75) is 70.4 Å². The zero-order valence-electron chi connectivity index (χ0n) is 20.5. The fraction of sp³-hybridized carbons (Fsp3) is 0.481. The molecule has 2 N–H and O–H groups in total. The van der Waals surface area contributed by atoms with Crippen molar-refractivity contribution in [3.8, 4) is 0 Å². The molecule has 1 aliphatic carbocycles. The smallest absolute Gasteiger partial charge is 0.411 e. The molecule has 1 saturated carbocycles. The van der Waals surface area contributed by atoms with Crippen molar-refractivity contribution in [1.29, 1.82) is 0 Å². The summed E-state index contributed by atoms with van der Waals surface area (Å²) in [6.45, 7) is 7.66. The largest absolute Gasteiger partial charge is 0.443 e. The number of hydrogen-bond acceptors (Lipinski definition) is 5. The van der Waals surface area contributed by atoms with Crippen LogP contribution in [-0.4, -0.2) is 42.5 Å². The van der Waals surface area contributed by atoms with Gasteiger partial charge in [-0.15, -0.1) is 0 Å². The van der Waals surface area contributed by atoms with Gasteiger partial charge >= 0.3 is 6.09 Å². The van der Waals surface area contributed by atoms with Gasteiger partial charge in [-0.1, -0.05) is 24.3 Å². The number of carbonyl (C=O) groups is 2. The summed E-state index contributed by atoms with van der Waals surface area (Å²) < 4.78 is 17.9. The molecule has 0 spiro atoms. The van der Waals surface area contributed by atoms with Crippen molar-refractivity contribution in [3.05, 3.63) is 59.7 Å². The third-order valence-corrected chi connectivity index (χ3v) is 7.16. The van der Waals surface area contributed by atoms with E-state index in [9.17, 15) is 9.59 Å². The lowest BCUT2D eigenvalue weighted by molar-refractivity contribution is -0.313. The number of anilines is 2. The number of fused-ring (bicyclic) bond motifs is 3. The van der Waals surface area contributed by atoms with Crippen molar-refractivity contribution >= 4 is 23.4 Å². The second-order valence-electron chi connectivity index (χ2n) is 10.1. The first-order valence-corrected chi connectivity index (χ1v) is 11.7. The zero-order chi connectivity index (χ0) is 24.5. The molecule has 2 aliphatic heterocycles. The van der Waals surface area contributed by atoms with Gasteiger partial charge in [-0.05, 0) is 81.3 Å². The fourth-order valence-electron chi connectivity index (χ4n) is 5.26. The van der Waals surface area contributed by atoms with Crippen molar-refractivity contribution < 1.29 is 23.8 Å². The van der Waals surface area contributed by atoms with Gasteiger partial charge < -0.3 is 19.5 Å². The average Bonchev–Trinajstić information content (AvgIpc) is 2.76. The average molecular weight is 467 g/mol. The first-order chi connectivity index (χ1) is 16.1. The number of ether oxygens (including phenoxy) is 3. The third-order valence-electron chi connectivity index (χ3n) is 7.16. The molecule has 2 bridgehead atoms. The molecule has 0 radical (unpaired) electrons. The number of rotatable bonds is 6. The van der Waals surface area contributed by atoms with Gasteiger partial charge in [0.25, 0.3) is 0 Å². The van der Waals surface area contributed by atoms with Crippen molar-refractivity contribution in [1.82, 2.24) is 0 Å². The Hall–Kier alpha value is -2.90. The van der Waals surface area contributed by atoms with E-state index < -0.39 is 11.7 Å². The molecule has 3 aliphatic rings. The van der Waals surface area contributed by atoms with Crippen LogP contribution in [0.1, 0.15) is 51.7 Å². The SMILES string of the molecule is COC1CC2CC(OC(=O)Nc3ccc(Cc4ccc(NC(C)=O)cc4)cc3)C1(C)OC2(C)C. The molecule has 0 aromatic heterocycles. The molecule has 182 valence electrons. The number of nitrogens with one attached hydrogen (secondary N) is 2. The molecule has 2 saturated heterocycles. The molecule has 4 unspecified atom stereocenters. The topological polar surface area (TPSA) is 85.9 Å². The number of amides is 2. The summed E-state index contributed by atoms with van der Waals surface area (Å²) in [5.41, 5.74) is 2.75. The Kier molecular flexibility index (Phi) is 6.69. The van der Waals surface area contributed by atoms with Gasteiger partial charge in [0.15, 0.2) is 0 Å². The van der Waals surface area contributed by atoms with Crippen LogP contribution in [0.15, 0.2) is 48.5 Å². The maximum atomic E-state index is 12.7. The van der Waals surface area contributed by atoms with E-state index in [1.54, 1.807) is 7.11 Å². The van der Waals surface area contributed by atoms with Crippen LogP contribution in [0.3, 0.4) is 0 Å². The van der Waals surface area contributed by atoms with Crippen LogP contribution in [0.5, 0.6) is 0 Å². The Morgan fingerprint density at radius 1 is 0.912 bits per heavy atom. The predicted octanol–water partition coefficient (Wildman–Crippen LogP) is 5.15. The normalized spacial score (nSPS) is 27.1. The number of carbonyl (C=O) groups excluding carboxylic acids is 2. The van der Waals surface area contributed by atoms with Gasteiger partial charge in [0.05, 0.1) is 11.7 Å². The molecule has 2 aromatic carbocycles. The molecular formula is C27H34N2O5. The Morgan fingerprint density at radius 3 is 1.97 bits per heavy atom. The third kappa shape index (κ3) is 5.10. The fourth-order valence-corrected chi connectivity index (χ4v) is 5.26. The van der Waals surface area contributed by atoms with Crippen LogP contribution in [0.4, 0.5) is 16.2 Å². The standard InChI is InChI=1S/C27H34N2O5/c1-17(30)28-21-10-6-18(7-11-21)14-19-8-12-22(13-9-19)29-25(31)33-24-16-20-15-23(32-5)27(24,4)34-26(20,2)3/h6-13,20,23-24H,14-16H2,1-5H3,(H,28,30)(H,29,31). The number of hydrogen-bond donors (Lipinski definition) is 2. The first-order valence-electron chi connectivity index (χ1n) is 11.7. The molecule has 7 heteroatoms. The first kappa shape index (κ1) is 24.2. The van der Waals surface area contributed by atoms with E-state index in [1.807, 2.05) is 55.5 Å². The quantitative estimate of drug-likeness (QED) is 0.615. The summed E-state index contributed by atoms with van der Waals surface area (Å²) in [5, 5.41) is 5.60. The highest BCUT2D eigenvalue weighted by atomic mass is 16.6. The predicted molar refractivity (Wildman–Crippen MR) is 131 cm³/mol. The maximum absolute atomic E-state index is 12.7. The van der Waals surface area contributed by atoms with Gasteiger partial charge in [-0.3, -0.25) is 10.1 Å². The highest BCUT2D eigenvalue weighted by Gasteiger charge is 2.61. The summed E-state index contributed by atoms with van der Waals surface area (Å²) in [5.74, 6) is 0.179. The Morgan fingerprint density at radius 2 is 1.44 bits per heavy atom. The zero-order valence-corrected chi connectivity index (χ0v) is 20.5. The molecule has 34 heavy (non-hydrogen) atoms. The lowest BCUT2D eigenvalue weighted by Crippen LogP contribution is -2.69. The second kappa shape index (κ2) is 9.39. The van der Waals surface area contributed by atoms with Crippen LogP contribution in [0, 0.1) is 5.92 Å². The monoisotopic (exact) mass is 466 g/mol. The molecule has 4 atom stereocenters.